The van der Waals surface area contributed by atoms with Crippen LogP contribution in [-0.4, -0.2) is 30.3 Å². The molecule has 0 amide bonds. The van der Waals surface area contributed by atoms with E-state index in [0.29, 0.717) is 22.2 Å². The van der Waals surface area contributed by atoms with E-state index in [-0.39, 0.29) is 11.2 Å². The molecule has 0 bridgehead atoms. The normalized spacial score (nSPS) is 15.2. The van der Waals surface area contributed by atoms with Crippen molar-refractivity contribution in [1.29, 1.82) is 0 Å². The van der Waals surface area contributed by atoms with Gasteiger partial charge in [0, 0.05) is 21.7 Å². The number of rotatable bonds is 4. The van der Waals surface area contributed by atoms with E-state index in [2.05, 4.69) is 10.2 Å². The molecule has 1 aliphatic carbocycles. The summed E-state index contributed by atoms with van der Waals surface area (Å²) in [4.78, 5) is 0. The topological polar surface area (TPSA) is 74.1 Å². The first kappa shape index (κ1) is 14.6. The van der Waals surface area contributed by atoms with Gasteiger partial charge in [0.15, 0.2) is 5.82 Å². The summed E-state index contributed by atoms with van der Waals surface area (Å²) in [7, 11) is 2.98. The van der Waals surface area contributed by atoms with Gasteiger partial charge in [-0.25, -0.2) is 8.42 Å². The minimum Gasteiger partial charge on any atom is -0.496 e. The number of ether oxygens (including phenoxy) is 1. The van der Waals surface area contributed by atoms with Gasteiger partial charge in [0.05, 0.1) is 12.7 Å². The maximum atomic E-state index is 11.6. The zero-order valence-corrected chi connectivity index (χ0v) is 13.3. The highest BCUT2D eigenvalue weighted by Gasteiger charge is 2.34. The molecule has 6 nitrogen and oxygen atoms in total. The Kier molecular flexibility index (Phi) is 3.59. The molecule has 0 radical (unpaired) electrons. The third-order valence-electron chi connectivity index (χ3n) is 3.20. The van der Waals surface area contributed by atoms with Gasteiger partial charge in [0.25, 0.3) is 14.2 Å². The van der Waals surface area contributed by atoms with E-state index >= 15 is 0 Å². The zero-order chi connectivity index (χ0) is 15.2. The van der Waals surface area contributed by atoms with Crippen molar-refractivity contribution in [2.75, 3.05) is 7.11 Å². The predicted molar refractivity (Wildman–Crippen MR) is 78.3 cm³/mol. The molecule has 9 heteroatoms. The van der Waals surface area contributed by atoms with Gasteiger partial charge in [-0.2, -0.15) is 0 Å². The Hall–Kier alpha value is -1.31. The molecule has 0 saturated heterocycles. The van der Waals surface area contributed by atoms with E-state index in [0.717, 1.165) is 12.8 Å². The molecule has 0 aliphatic heterocycles. The van der Waals surface area contributed by atoms with Gasteiger partial charge in [-0.3, -0.25) is 4.57 Å². The summed E-state index contributed by atoms with van der Waals surface area (Å²) in [6.07, 6.45) is 1.72. The van der Waals surface area contributed by atoms with Crippen molar-refractivity contribution in [2.45, 2.75) is 24.0 Å². The maximum Gasteiger partial charge on any atom is 0.296 e. The van der Waals surface area contributed by atoms with Crippen LogP contribution in [0.5, 0.6) is 5.75 Å². The van der Waals surface area contributed by atoms with Crippen LogP contribution in [0.3, 0.4) is 0 Å². The number of nitrogens with zero attached hydrogens (tertiary/aromatic N) is 3. The third kappa shape index (κ3) is 2.73. The molecular weight excluding hydrogens is 337 g/mol. The number of methoxy groups -OCH3 is 1. The SMILES string of the molecule is COc1cc(Cl)ccc1-c1nnc(S(=O)(=O)Cl)n1C1CC1. The van der Waals surface area contributed by atoms with Crippen LogP contribution in [0.25, 0.3) is 11.4 Å². The van der Waals surface area contributed by atoms with Crippen molar-refractivity contribution >= 4 is 31.3 Å². The van der Waals surface area contributed by atoms with Crippen LogP contribution in [0, 0.1) is 0 Å². The van der Waals surface area contributed by atoms with Crippen molar-refractivity contribution < 1.29 is 13.2 Å². The Balaban J connectivity index is 2.22. The molecule has 0 atom stereocenters. The Morgan fingerprint density at radius 2 is 2.05 bits per heavy atom. The molecule has 1 saturated carbocycles. The lowest BCUT2D eigenvalue weighted by Gasteiger charge is -2.11. The van der Waals surface area contributed by atoms with Gasteiger partial charge in [-0.1, -0.05) is 11.6 Å². The molecule has 1 heterocycles. The second-order valence-electron chi connectivity index (χ2n) is 4.69. The quantitative estimate of drug-likeness (QED) is 0.795. The van der Waals surface area contributed by atoms with Gasteiger partial charge in [-0.15, -0.1) is 10.2 Å². The average Bonchev–Trinajstić information content (AvgIpc) is 3.16. The fourth-order valence-corrected chi connectivity index (χ4v) is 3.23. The van der Waals surface area contributed by atoms with E-state index < -0.39 is 9.05 Å². The lowest BCUT2D eigenvalue weighted by Crippen LogP contribution is -2.06. The summed E-state index contributed by atoms with van der Waals surface area (Å²) >= 11 is 5.94. The molecule has 1 aliphatic rings. The molecule has 0 spiro atoms. The van der Waals surface area contributed by atoms with Crippen LogP contribution >= 0.6 is 22.3 Å². The highest BCUT2D eigenvalue weighted by Crippen LogP contribution is 2.42. The summed E-state index contributed by atoms with van der Waals surface area (Å²) in [5.74, 6) is 0.903. The largest absolute Gasteiger partial charge is 0.496 e. The molecule has 1 fully saturated rings. The number of hydrogen-bond donors (Lipinski definition) is 0. The minimum atomic E-state index is -3.96. The lowest BCUT2D eigenvalue weighted by molar-refractivity contribution is 0.415. The smallest absolute Gasteiger partial charge is 0.296 e. The van der Waals surface area contributed by atoms with Crippen LogP contribution < -0.4 is 4.74 Å². The second kappa shape index (κ2) is 5.15. The fraction of sp³-hybridized carbons (Fsp3) is 0.333. The summed E-state index contributed by atoms with van der Waals surface area (Å²) in [6.45, 7) is 0. The lowest BCUT2D eigenvalue weighted by atomic mass is 10.2. The Bertz CT molecular complexity index is 800. The maximum absolute atomic E-state index is 11.6. The summed E-state index contributed by atoms with van der Waals surface area (Å²) in [5.41, 5.74) is 0.618. The molecule has 0 unspecified atom stereocenters. The molecule has 21 heavy (non-hydrogen) atoms. The first-order chi connectivity index (χ1) is 9.91. The zero-order valence-electron chi connectivity index (χ0n) is 11.0. The number of benzene rings is 1. The van der Waals surface area contributed by atoms with Crippen molar-refractivity contribution in [2.24, 2.45) is 0 Å². The van der Waals surface area contributed by atoms with E-state index in [1.807, 2.05) is 0 Å². The molecular formula is C12H11Cl2N3O3S. The van der Waals surface area contributed by atoms with E-state index in [4.69, 9.17) is 27.0 Å². The monoisotopic (exact) mass is 347 g/mol. The Labute approximate surface area is 131 Å². The minimum absolute atomic E-state index is 0.0407. The van der Waals surface area contributed by atoms with Crippen LogP contribution in [0.15, 0.2) is 23.4 Å². The Morgan fingerprint density at radius 3 is 2.62 bits per heavy atom. The summed E-state index contributed by atoms with van der Waals surface area (Å²) < 4.78 is 30.1. The van der Waals surface area contributed by atoms with E-state index in [1.54, 1.807) is 22.8 Å². The second-order valence-corrected chi connectivity index (χ2v) is 7.59. The highest BCUT2D eigenvalue weighted by molar-refractivity contribution is 8.13. The van der Waals surface area contributed by atoms with Crippen LogP contribution in [0.1, 0.15) is 18.9 Å². The molecule has 112 valence electrons. The molecule has 1 aromatic carbocycles. The predicted octanol–water partition coefficient (Wildman–Crippen LogP) is 2.87. The molecule has 0 N–H and O–H groups in total. The third-order valence-corrected chi connectivity index (χ3v) is 4.56. The van der Waals surface area contributed by atoms with Crippen LogP contribution in [0.2, 0.25) is 5.02 Å². The van der Waals surface area contributed by atoms with Crippen LogP contribution in [0.4, 0.5) is 0 Å². The fourth-order valence-electron chi connectivity index (χ4n) is 2.14. The standard InChI is InChI=1S/C12H11Cl2N3O3S/c1-20-10-6-7(13)2-5-9(10)11-15-16-12(21(14,18)19)17(11)8-3-4-8/h2,5-6,8H,3-4H2,1H3. The summed E-state index contributed by atoms with van der Waals surface area (Å²) in [6, 6.07) is 5.07. The van der Waals surface area contributed by atoms with E-state index in [9.17, 15) is 8.42 Å². The first-order valence-corrected chi connectivity index (χ1v) is 8.84. The van der Waals surface area contributed by atoms with Crippen molar-refractivity contribution in [3.63, 3.8) is 0 Å². The Morgan fingerprint density at radius 1 is 1.33 bits per heavy atom. The van der Waals surface area contributed by atoms with Crippen molar-refractivity contribution in [3.8, 4) is 17.1 Å². The molecule has 1 aromatic heterocycles. The number of aromatic nitrogens is 3. The molecule has 3 rings (SSSR count). The highest BCUT2D eigenvalue weighted by atomic mass is 35.7. The van der Waals surface area contributed by atoms with Crippen molar-refractivity contribution in [1.82, 2.24) is 14.8 Å². The van der Waals surface area contributed by atoms with Crippen molar-refractivity contribution in [3.05, 3.63) is 23.2 Å². The van der Waals surface area contributed by atoms with Gasteiger partial charge in [0.1, 0.15) is 5.75 Å². The van der Waals surface area contributed by atoms with Gasteiger partial charge < -0.3 is 4.74 Å². The summed E-state index contributed by atoms with van der Waals surface area (Å²) in [5, 5.41) is 7.98. The first-order valence-electron chi connectivity index (χ1n) is 6.15. The van der Waals surface area contributed by atoms with Gasteiger partial charge in [-0.05, 0) is 31.0 Å². The molecule has 2 aromatic rings. The van der Waals surface area contributed by atoms with E-state index in [1.165, 1.54) is 7.11 Å². The number of halogens is 2. The van der Waals surface area contributed by atoms with Crippen LogP contribution in [-0.2, 0) is 9.05 Å². The van der Waals surface area contributed by atoms with Gasteiger partial charge in [0.2, 0.25) is 0 Å². The number of hydrogen-bond acceptors (Lipinski definition) is 5. The van der Waals surface area contributed by atoms with Gasteiger partial charge >= 0.3 is 0 Å². The average molecular weight is 348 g/mol.